The van der Waals surface area contributed by atoms with Crippen LogP contribution in [0, 0.1) is 13.8 Å². The number of aryl methyl sites for hydroxylation is 4. The highest BCUT2D eigenvalue weighted by atomic mass is 32.2. The molecule has 0 radical (unpaired) electrons. The van der Waals surface area contributed by atoms with E-state index in [0.29, 0.717) is 25.2 Å². The number of guanidine groups is 1. The minimum Gasteiger partial charge on any atom is -0.480 e. The van der Waals surface area contributed by atoms with Crippen LogP contribution >= 0.6 is 11.3 Å². The second-order valence-corrected chi connectivity index (χ2v) is 11.1. The molecule has 0 aliphatic rings. The van der Waals surface area contributed by atoms with Gasteiger partial charge in [0.25, 0.3) is 15.9 Å². The van der Waals surface area contributed by atoms with Crippen molar-refractivity contribution in [1.29, 1.82) is 0 Å². The fourth-order valence-electron chi connectivity index (χ4n) is 3.66. The molecule has 3 aromatic rings. The highest BCUT2D eigenvalue weighted by Crippen LogP contribution is 2.26. The Kier molecular flexibility index (Phi) is 9.47. The summed E-state index contributed by atoms with van der Waals surface area (Å²) in [6.07, 6.45) is 1.73. The molecule has 3 rings (SSSR count). The number of oxazole rings is 1. The Bertz CT molecular complexity index is 1410. The molecule has 38 heavy (non-hydrogen) atoms. The average Bonchev–Trinajstić information content (AvgIpc) is 3.44. The van der Waals surface area contributed by atoms with Crippen molar-refractivity contribution in [2.45, 2.75) is 50.5 Å². The number of hydrogen-bond donors (Lipinski definition) is 5. The number of carbonyl (C=O) groups is 2. The van der Waals surface area contributed by atoms with E-state index in [1.807, 2.05) is 6.92 Å². The summed E-state index contributed by atoms with van der Waals surface area (Å²) >= 11 is 0.989. The van der Waals surface area contributed by atoms with Gasteiger partial charge in [-0.3, -0.25) is 14.5 Å². The molecule has 0 aliphatic heterocycles. The third kappa shape index (κ3) is 7.79. The second-order valence-electron chi connectivity index (χ2n) is 8.46. The van der Waals surface area contributed by atoms with Gasteiger partial charge >= 0.3 is 5.97 Å². The van der Waals surface area contributed by atoms with E-state index in [2.05, 4.69) is 20.0 Å². The van der Waals surface area contributed by atoms with E-state index in [-0.39, 0.29) is 34.4 Å². The quantitative estimate of drug-likeness (QED) is 0.117. The lowest BCUT2D eigenvalue weighted by atomic mass is 10.1. The van der Waals surface area contributed by atoms with Crippen LogP contribution in [0.2, 0.25) is 0 Å². The Hall–Kier alpha value is -3.91. The van der Waals surface area contributed by atoms with E-state index in [4.69, 9.17) is 15.9 Å². The largest absolute Gasteiger partial charge is 0.480 e. The number of carboxylic acid groups (broad SMARTS) is 1. The molecular formula is C24H30N6O6S2. The van der Waals surface area contributed by atoms with Crippen LogP contribution in [0.3, 0.4) is 0 Å². The molecule has 12 nitrogen and oxygen atoms in total. The van der Waals surface area contributed by atoms with Crippen LogP contribution in [-0.2, 0) is 27.7 Å². The molecule has 7 N–H and O–H groups in total. The number of carbonyl (C=O) groups excluding carboxylic acids is 1. The van der Waals surface area contributed by atoms with Crippen molar-refractivity contribution in [1.82, 2.24) is 10.3 Å². The van der Waals surface area contributed by atoms with Gasteiger partial charge in [0.15, 0.2) is 11.9 Å². The standard InChI is InChI=1S/C24H30N6O6S2/c1-14-18(28-15(2)36-14)10-7-16-5-8-17(9-6-16)38(34,35)30-19-11-13-37-21(19)22(31)29-20(23(32)33)4-3-12-27-24(25)26/h5-6,8-9,11,13,20,30H,3-4,7,10,12H2,1-2H3,(H,29,31)(H,32,33)(H4,25,26,27)/t20-/m0/s1. The first-order chi connectivity index (χ1) is 18.0. The van der Waals surface area contributed by atoms with Crippen molar-refractivity contribution in [3.05, 3.63) is 63.5 Å². The van der Waals surface area contributed by atoms with E-state index in [0.717, 1.165) is 28.4 Å². The van der Waals surface area contributed by atoms with Gasteiger partial charge in [-0.1, -0.05) is 12.1 Å². The summed E-state index contributed by atoms with van der Waals surface area (Å²) in [7, 11) is -4.00. The molecule has 1 amide bonds. The van der Waals surface area contributed by atoms with Gasteiger partial charge in [-0.15, -0.1) is 11.3 Å². The smallest absolute Gasteiger partial charge is 0.326 e. The normalized spacial score (nSPS) is 12.1. The summed E-state index contributed by atoms with van der Waals surface area (Å²) in [5.41, 5.74) is 12.4. The first kappa shape index (κ1) is 28.7. The van der Waals surface area contributed by atoms with E-state index >= 15 is 0 Å². The molecule has 1 aromatic carbocycles. The third-order valence-electron chi connectivity index (χ3n) is 5.55. The number of rotatable bonds is 13. The summed E-state index contributed by atoms with van der Waals surface area (Å²) in [5.74, 6) is -0.672. The minimum absolute atomic E-state index is 0.0235. The van der Waals surface area contributed by atoms with Gasteiger partial charge in [0.05, 0.1) is 16.3 Å². The van der Waals surface area contributed by atoms with E-state index < -0.39 is 27.9 Å². The highest BCUT2D eigenvalue weighted by molar-refractivity contribution is 7.92. The molecule has 1 atom stereocenters. The topological polar surface area (TPSA) is 203 Å². The Morgan fingerprint density at radius 2 is 1.87 bits per heavy atom. The molecule has 2 aromatic heterocycles. The number of nitrogens with zero attached hydrogens (tertiary/aromatic N) is 2. The Morgan fingerprint density at radius 1 is 1.16 bits per heavy atom. The third-order valence-corrected chi connectivity index (χ3v) is 7.84. The number of nitrogens with one attached hydrogen (secondary N) is 2. The zero-order valence-corrected chi connectivity index (χ0v) is 22.6. The van der Waals surface area contributed by atoms with Crippen LogP contribution in [-0.4, -0.2) is 48.9 Å². The van der Waals surface area contributed by atoms with Gasteiger partial charge in [-0.05, 0) is 61.7 Å². The lowest BCUT2D eigenvalue weighted by Gasteiger charge is -2.15. The van der Waals surface area contributed by atoms with Gasteiger partial charge in [-0.25, -0.2) is 18.2 Å². The summed E-state index contributed by atoms with van der Waals surface area (Å²) in [4.78, 5) is 32.6. The van der Waals surface area contributed by atoms with Crippen molar-refractivity contribution in [3.63, 3.8) is 0 Å². The van der Waals surface area contributed by atoms with Gasteiger partial charge in [0.1, 0.15) is 16.7 Å². The number of carboxylic acids is 1. The predicted molar refractivity (Wildman–Crippen MR) is 144 cm³/mol. The zero-order valence-electron chi connectivity index (χ0n) is 20.9. The van der Waals surface area contributed by atoms with Gasteiger partial charge < -0.3 is 26.3 Å². The Labute approximate surface area is 224 Å². The number of amides is 1. The maximum absolute atomic E-state index is 13.0. The van der Waals surface area contributed by atoms with E-state index in [1.165, 1.54) is 23.6 Å². The minimum atomic E-state index is -4.00. The molecule has 0 spiro atoms. The number of thiophene rings is 1. The van der Waals surface area contributed by atoms with E-state index in [1.54, 1.807) is 19.1 Å². The van der Waals surface area contributed by atoms with Crippen molar-refractivity contribution in [3.8, 4) is 0 Å². The number of nitrogens with two attached hydrogens (primary N) is 2. The maximum Gasteiger partial charge on any atom is 0.326 e. The van der Waals surface area contributed by atoms with Crippen LogP contribution in [0.4, 0.5) is 5.69 Å². The van der Waals surface area contributed by atoms with E-state index in [9.17, 15) is 23.1 Å². The lowest BCUT2D eigenvalue weighted by Crippen LogP contribution is -2.40. The number of hydrogen-bond acceptors (Lipinski definition) is 8. The number of benzene rings is 1. The number of aliphatic carboxylic acids is 1. The molecule has 0 bridgehead atoms. The summed E-state index contributed by atoms with van der Waals surface area (Å²) in [5, 5.41) is 13.4. The summed E-state index contributed by atoms with van der Waals surface area (Å²) < 4.78 is 33.8. The first-order valence-corrected chi connectivity index (χ1v) is 14.0. The molecule has 14 heteroatoms. The zero-order chi connectivity index (χ0) is 27.9. The first-order valence-electron chi connectivity index (χ1n) is 11.7. The summed E-state index contributed by atoms with van der Waals surface area (Å²) in [6, 6.07) is 6.67. The molecule has 204 valence electrons. The number of sulfonamides is 1. The molecule has 0 unspecified atom stereocenters. The van der Waals surface area contributed by atoms with Crippen LogP contribution in [0.1, 0.15) is 45.4 Å². The van der Waals surface area contributed by atoms with Crippen LogP contribution in [0.5, 0.6) is 0 Å². The summed E-state index contributed by atoms with van der Waals surface area (Å²) in [6.45, 7) is 3.85. The highest BCUT2D eigenvalue weighted by Gasteiger charge is 2.24. The second kappa shape index (κ2) is 12.6. The predicted octanol–water partition coefficient (Wildman–Crippen LogP) is 2.18. The van der Waals surface area contributed by atoms with Crippen LogP contribution in [0.15, 0.2) is 50.0 Å². The molecule has 0 aliphatic carbocycles. The van der Waals surface area contributed by atoms with Gasteiger partial charge in [0.2, 0.25) is 0 Å². The molecule has 0 saturated carbocycles. The van der Waals surface area contributed by atoms with Gasteiger partial charge in [-0.2, -0.15) is 0 Å². The fraction of sp³-hybridized carbons (Fsp3) is 0.333. The van der Waals surface area contributed by atoms with Crippen molar-refractivity contribution in [2.24, 2.45) is 16.5 Å². The fourth-order valence-corrected chi connectivity index (χ4v) is 5.54. The number of aromatic nitrogens is 1. The SMILES string of the molecule is Cc1nc(CCc2ccc(S(=O)(=O)Nc3ccsc3C(=O)N[C@@H](CCCN=C(N)N)C(=O)O)cc2)c(C)o1. The maximum atomic E-state index is 13.0. The Morgan fingerprint density at radius 3 is 2.47 bits per heavy atom. The number of anilines is 1. The van der Waals surface area contributed by atoms with Crippen molar-refractivity contribution in [2.75, 3.05) is 11.3 Å². The average molecular weight is 563 g/mol. The lowest BCUT2D eigenvalue weighted by molar-refractivity contribution is -0.139. The van der Waals surface area contributed by atoms with Gasteiger partial charge in [0, 0.05) is 13.5 Å². The van der Waals surface area contributed by atoms with Crippen molar-refractivity contribution < 1.29 is 27.5 Å². The monoisotopic (exact) mass is 562 g/mol. The van der Waals surface area contributed by atoms with Crippen molar-refractivity contribution >= 4 is 44.9 Å². The van der Waals surface area contributed by atoms with Crippen LogP contribution in [0.25, 0.3) is 0 Å². The Balaban J connectivity index is 1.64. The molecule has 2 heterocycles. The van der Waals surface area contributed by atoms with Crippen LogP contribution < -0.4 is 21.5 Å². The molecule has 0 fully saturated rings. The molecule has 0 saturated heterocycles. The molecular weight excluding hydrogens is 532 g/mol. The number of aliphatic imine (C=N–C) groups is 1.